The second-order valence-electron chi connectivity index (χ2n) is 18.4. The molecule has 0 spiro atoms. The molecule has 384 valence electrons. The topological polar surface area (TPSA) is 251 Å². The number of nitro groups is 1. The molecule has 0 bridgehead atoms. The summed E-state index contributed by atoms with van der Waals surface area (Å²) < 4.78 is 34.4. The van der Waals surface area contributed by atoms with E-state index >= 15 is 0 Å². The largest absolute Gasteiger partial charge is 0.493 e. The number of carbonyl (C=O) groups is 4. The number of ether oxygens (including phenoxy) is 6. The predicted octanol–water partition coefficient (Wildman–Crippen LogP) is 8.42. The lowest BCUT2D eigenvalue weighted by atomic mass is 9.85. The van der Waals surface area contributed by atoms with Crippen molar-refractivity contribution in [3.8, 4) is 23.0 Å². The van der Waals surface area contributed by atoms with E-state index in [9.17, 15) is 39.5 Å². The quantitative estimate of drug-likeness (QED) is 0.0242. The molecular formula is C49H62N6O14S2. The number of benzene rings is 2. The van der Waals surface area contributed by atoms with Crippen LogP contribution in [0.15, 0.2) is 71.9 Å². The third-order valence-corrected chi connectivity index (χ3v) is 15.1. The van der Waals surface area contributed by atoms with Gasteiger partial charge in [-0.1, -0.05) is 41.5 Å². The molecule has 2 atom stereocenters. The minimum Gasteiger partial charge on any atom is -0.493 e. The lowest BCUT2D eigenvalue weighted by Crippen LogP contribution is -2.39. The van der Waals surface area contributed by atoms with E-state index in [2.05, 4.69) is 28.8 Å². The third-order valence-electron chi connectivity index (χ3n) is 11.9. The molecule has 3 fully saturated rings. The Morgan fingerprint density at radius 2 is 1.34 bits per heavy atom. The van der Waals surface area contributed by atoms with Crippen molar-refractivity contribution >= 4 is 62.7 Å². The molecule has 2 aromatic carbocycles. The molecule has 2 saturated heterocycles. The zero-order valence-electron chi connectivity index (χ0n) is 40.6. The number of amides is 4. The van der Waals surface area contributed by atoms with E-state index in [-0.39, 0.29) is 97.3 Å². The summed E-state index contributed by atoms with van der Waals surface area (Å²) in [5.74, 6) is 0.133. The van der Waals surface area contributed by atoms with Crippen molar-refractivity contribution in [1.82, 2.24) is 14.8 Å². The average molecular weight is 1020 g/mol. The molecule has 0 radical (unpaired) electrons. The number of carbonyl (C=O) groups excluding carboxylic acids is 4. The number of hydrogen-bond acceptors (Lipinski definition) is 17. The number of pyridine rings is 1. The van der Waals surface area contributed by atoms with E-state index in [1.54, 1.807) is 26.8 Å². The second-order valence-corrected chi connectivity index (χ2v) is 21.1. The van der Waals surface area contributed by atoms with Crippen LogP contribution in [0, 0.1) is 10.1 Å². The van der Waals surface area contributed by atoms with Gasteiger partial charge < -0.3 is 48.4 Å². The molecule has 3 aliphatic rings. The van der Waals surface area contributed by atoms with Gasteiger partial charge in [0.15, 0.2) is 23.0 Å². The molecule has 20 nitrogen and oxygen atoms in total. The summed E-state index contributed by atoms with van der Waals surface area (Å²) >= 11 is 0. The first-order chi connectivity index (χ1) is 33.9. The predicted molar refractivity (Wildman–Crippen MR) is 268 cm³/mol. The van der Waals surface area contributed by atoms with Crippen LogP contribution in [0.5, 0.6) is 23.0 Å². The van der Waals surface area contributed by atoms with Crippen LogP contribution in [0.4, 0.5) is 26.7 Å². The maximum Gasteiger partial charge on any atom is 0.412 e. The van der Waals surface area contributed by atoms with Gasteiger partial charge in [0.05, 0.1) is 84.9 Å². The van der Waals surface area contributed by atoms with Crippen LogP contribution in [-0.2, 0) is 9.47 Å². The number of aromatic nitrogens is 1. The molecule has 2 aliphatic heterocycles. The summed E-state index contributed by atoms with van der Waals surface area (Å²) in [4.78, 5) is 72.2. The molecular weight excluding hydrogens is 961 g/mol. The van der Waals surface area contributed by atoms with Crippen molar-refractivity contribution in [3.63, 3.8) is 0 Å². The van der Waals surface area contributed by atoms with Crippen molar-refractivity contribution in [2.45, 2.75) is 99.6 Å². The van der Waals surface area contributed by atoms with Crippen LogP contribution in [0.1, 0.15) is 92.9 Å². The van der Waals surface area contributed by atoms with Gasteiger partial charge in [0.25, 0.3) is 17.5 Å². The van der Waals surface area contributed by atoms with Crippen LogP contribution in [-0.4, -0.2) is 137 Å². The van der Waals surface area contributed by atoms with Gasteiger partial charge in [-0.3, -0.25) is 30.3 Å². The van der Waals surface area contributed by atoms with Gasteiger partial charge in [-0.05, 0) is 94.7 Å². The summed E-state index contributed by atoms with van der Waals surface area (Å²) in [5.41, 5.74) is 1.12. The van der Waals surface area contributed by atoms with Gasteiger partial charge in [0.2, 0.25) is 0 Å². The zero-order chi connectivity index (χ0) is 51.5. The fourth-order valence-electron chi connectivity index (χ4n) is 8.08. The monoisotopic (exact) mass is 1020 g/mol. The number of methoxy groups -OCH3 is 2. The first kappa shape index (κ1) is 54.1. The van der Waals surface area contributed by atoms with Crippen LogP contribution in [0.3, 0.4) is 0 Å². The molecule has 0 unspecified atom stereocenters. The summed E-state index contributed by atoms with van der Waals surface area (Å²) in [6.07, 6.45) is 4.73. The lowest BCUT2D eigenvalue weighted by Gasteiger charge is -2.39. The molecule has 3 heterocycles. The van der Waals surface area contributed by atoms with Gasteiger partial charge in [0.1, 0.15) is 23.4 Å². The van der Waals surface area contributed by atoms with Crippen molar-refractivity contribution < 1.29 is 62.7 Å². The number of likely N-dealkylation sites (tertiary alicyclic amines) is 2. The summed E-state index contributed by atoms with van der Waals surface area (Å²) in [5, 5.41) is 37.1. The van der Waals surface area contributed by atoms with Gasteiger partial charge in [0, 0.05) is 31.3 Å². The van der Waals surface area contributed by atoms with Crippen molar-refractivity contribution in [1.29, 1.82) is 0 Å². The maximum absolute atomic E-state index is 14.1. The van der Waals surface area contributed by atoms with E-state index in [0.29, 0.717) is 37.1 Å². The number of nitrogens with one attached hydrogen (secondary N) is 2. The van der Waals surface area contributed by atoms with E-state index in [1.165, 1.54) is 82.1 Å². The smallest absolute Gasteiger partial charge is 0.412 e. The molecule has 1 saturated carbocycles. The second kappa shape index (κ2) is 24.3. The number of aliphatic hydroxyl groups is 2. The van der Waals surface area contributed by atoms with Crippen LogP contribution < -0.4 is 29.6 Å². The Labute approximate surface area is 420 Å². The molecule has 22 heteroatoms. The van der Waals surface area contributed by atoms with Gasteiger partial charge >= 0.3 is 12.2 Å². The summed E-state index contributed by atoms with van der Waals surface area (Å²) in [7, 11) is 5.70. The highest BCUT2D eigenvalue weighted by Crippen LogP contribution is 2.52. The number of anilines is 2. The minimum absolute atomic E-state index is 0.0533. The van der Waals surface area contributed by atoms with Gasteiger partial charge in [-0.15, -0.1) is 0 Å². The standard InChI is InChI=1S/C49H62N6O14S2/c1-30-18-33(27-56)53(25-30)44(58)35-20-39(64-6)41(22-37(35)51-46(60)68-29-49(14-11-15-49)71-70-43-13-12-32(24-50-43)55(62)63)66-16-9-8-10-17-67-42-23-38(52-47(61)69-48(3,4)5)36(21-40(42)65-7)45(59)54-26-31(2)19-34(54)28-57/h12-13,20-24,33-34,56-57H,1-2,8-11,14-19,25-29H2,3-7H3,(H,51,60)(H,52,61)/t33-,34-/m0/s1. The average Bonchev–Trinajstić information content (AvgIpc) is 3.91. The third kappa shape index (κ3) is 14.2. The molecule has 71 heavy (non-hydrogen) atoms. The van der Waals surface area contributed by atoms with E-state index < -0.39 is 51.4 Å². The molecule has 6 rings (SSSR count). The van der Waals surface area contributed by atoms with Gasteiger partial charge in [-0.2, -0.15) is 0 Å². The van der Waals surface area contributed by atoms with Gasteiger partial charge in [-0.25, -0.2) is 14.6 Å². The lowest BCUT2D eigenvalue weighted by molar-refractivity contribution is -0.385. The fraction of sp³-hybridized carbons (Fsp3) is 0.490. The molecule has 4 amide bonds. The van der Waals surface area contributed by atoms with E-state index in [0.717, 1.165) is 30.4 Å². The Balaban J connectivity index is 1.10. The van der Waals surface area contributed by atoms with Crippen LogP contribution >= 0.6 is 21.6 Å². The fourth-order valence-corrected chi connectivity index (χ4v) is 10.8. The van der Waals surface area contributed by atoms with Crippen molar-refractivity contribution in [2.75, 3.05) is 71.0 Å². The highest BCUT2D eigenvalue weighted by molar-refractivity contribution is 8.77. The minimum atomic E-state index is -0.812. The van der Waals surface area contributed by atoms with Crippen LogP contribution in [0.25, 0.3) is 0 Å². The number of aliphatic hydroxyl groups excluding tert-OH is 2. The van der Waals surface area contributed by atoms with Crippen LogP contribution in [0.2, 0.25) is 0 Å². The summed E-state index contributed by atoms with van der Waals surface area (Å²) in [6.45, 7) is 13.6. The highest BCUT2D eigenvalue weighted by Gasteiger charge is 2.41. The zero-order valence-corrected chi connectivity index (χ0v) is 42.2. The normalized spacial score (nSPS) is 17.3. The first-order valence-electron chi connectivity index (χ1n) is 23.1. The number of nitrogens with zero attached hydrogens (tertiary/aromatic N) is 4. The Hall–Kier alpha value is -6.23. The SMILES string of the molecule is C=C1C[C@@H](CO)N(C(=O)c2cc(OC)c(OCCCCCOc3cc(NC(=O)OC(C)(C)C)c(C(=O)N4CC(=C)C[C@H]4CO)cc3OC)cc2NC(=O)OCC2(SSc3ccc([N+](=O)[O-])cn3)CCC2)C1. The Morgan fingerprint density at radius 3 is 1.76 bits per heavy atom. The number of hydrogen-bond donors (Lipinski definition) is 4. The highest BCUT2D eigenvalue weighted by atomic mass is 33.1. The molecule has 4 N–H and O–H groups in total. The summed E-state index contributed by atoms with van der Waals surface area (Å²) in [6, 6.07) is 7.98. The van der Waals surface area contributed by atoms with E-state index in [4.69, 9.17) is 28.4 Å². The first-order valence-corrected chi connectivity index (χ1v) is 25.3. The Kier molecular flexibility index (Phi) is 18.5. The number of rotatable bonds is 22. The number of unbranched alkanes of at least 4 members (excludes halogenated alkanes) is 2. The molecule has 1 aromatic heterocycles. The molecule has 1 aliphatic carbocycles. The Bertz CT molecular complexity index is 2460. The Morgan fingerprint density at radius 1 is 0.817 bits per heavy atom. The van der Waals surface area contributed by atoms with E-state index in [1.807, 2.05) is 0 Å². The van der Waals surface area contributed by atoms with Crippen molar-refractivity contribution in [3.05, 3.63) is 88.1 Å². The molecule has 3 aromatic rings. The van der Waals surface area contributed by atoms with Crippen molar-refractivity contribution in [2.24, 2.45) is 0 Å². The maximum atomic E-state index is 14.1.